The summed E-state index contributed by atoms with van der Waals surface area (Å²) in [6, 6.07) is 39.0. The minimum absolute atomic E-state index is 0.525. The van der Waals surface area contributed by atoms with E-state index in [0.717, 1.165) is 59.7 Å². The maximum atomic E-state index is 8.58. The fourth-order valence-corrected chi connectivity index (χ4v) is 4.96. The van der Waals surface area contributed by atoms with Gasteiger partial charge in [-0.05, 0) is 45.7 Å². The average molecular weight is 615 g/mol. The SMILES string of the molecule is Brc1cc2c(cn1)oc1ccccc12.OB(O)c1ccccc1.c1ccc(-c2cc3c(cn2)oc2ccccc23)cc1. The fraction of sp³-hybridized carbons (Fsp3) is 0. The van der Waals surface area contributed by atoms with Crippen LogP contribution in [0.4, 0.5) is 0 Å². The summed E-state index contributed by atoms with van der Waals surface area (Å²) >= 11 is 3.35. The molecule has 8 heteroatoms. The van der Waals surface area contributed by atoms with E-state index in [4.69, 9.17) is 18.9 Å². The van der Waals surface area contributed by atoms with Gasteiger partial charge in [0, 0.05) is 27.1 Å². The Balaban J connectivity index is 0.000000121. The van der Waals surface area contributed by atoms with Gasteiger partial charge in [0.15, 0.2) is 11.2 Å². The lowest BCUT2D eigenvalue weighted by Gasteiger charge is -1.99. The molecule has 4 aromatic carbocycles. The molecule has 4 aromatic heterocycles. The van der Waals surface area contributed by atoms with Gasteiger partial charge in [0.2, 0.25) is 0 Å². The molecule has 42 heavy (non-hydrogen) atoms. The molecule has 204 valence electrons. The number of hydrogen-bond donors (Lipinski definition) is 2. The summed E-state index contributed by atoms with van der Waals surface area (Å²) < 4.78 is 12.2. The zero-order valence-electron chi connectivity index (χ0n) is 22.3. The van der Waals surface area contributed by atoms with Gasteiger partial charge in [-0.2, -0.15) is 0 Å². The van der Waals surface area contributed by atoms with Gasteiger partial charge in [0.1, 0.15) is 15.8 Å². The number of aromatic nitrogens is 2. The first-order chi connectivity index (χ1) is 20.6. The Bertz CT molecular complexity index is 2090. The van der Waals surface area contributed by atoms with Crippen LogP contribution in [0.2, 0.25) is 0 Å². The quantitative estimate of drug-likeness (QED) is 0.153. The lowest BCUT2D eigenvalue weighted by molar-refractivity contribution is 0.426. The van der Waals surface area contributed by atoms with E-state index in [-0.39, 0.29) is 0 Å². The predicted octanol–water partition coefficient (Wildman–Crippen LogP) is 7.76. The molecule has 0 amide bonds. The molecule has 0 bridgehead atoms. The number of hydrogen-bond acceptors (Lipinski definition) is 6. The molecule has 0 radical (unpaired) electrons. The van der Waals surface area contributed by atoms with Crippen molar-refractivity contribution in [1.82, 2.24) is 9.97 Å². The number of furan rings is 2. The summed E-state index contributed by atoms with van der Waals surface area (Å²) in [6.07, 6.45) is 3.54. The van der Waals surface area contributed by atoms with Crippen molar-refractivity contribution < 1.29 is 18.9 Å². The van der Waals surface area contributed by atoms with Crippen LogP contribution in [-0.4, -0.2) is 27.1 Å². The van der Waals surface area contributed by atoms with Gasteiger partial charge < -0.3 is 18.9 Å². The summed E-state index contributed by atoms with van der Waals surface area (Å²) in [5.41, 5.74) is 6.09. The summed E-state index contributed by atoms with van der Waals surface area (Å²) in [6.45, 7) is 0. The van der Waals surface area contributed by atoms with Gasteiger partial charge in [-0.15, -0.1) is 0 Å². The molecule has 6 nitrogen and oxygen atoms in total. The summed E-state index contributed by atoms with van der Waals surface area (Å²) in [4.78, 5) is 8.60. The van der Waals surface area contributed by atoms with Gasteiger partial charge in [-0.1, -0.05) is 97.1 Å². The highest BCUT2D eigenvalue weighted by Gasteiger charge is 2.09. The molecule has 0 unspecified atom stereocenters. The first kappa shape index (κ1) is 27.4. The Morgan fingerprint density at radius 2 is 1.02 bits per heavy atom. The molecule has 0 spiro atoms. The first-order valence-electron chi connectivity index (χ1n) is 13.2. The molecule has 4 heterocycles. The molecule has 0 atom stereocenters. The number of para-hydroxylation sites is 2. The van der Waals surface area contributed by atoms with Crippen molar-refractivity contribution >= 4 is 72.4 Å². The topological polar surface area (TPSA) is 92.5 Å². The van der Waals surface area contributed by atoms with Crippen LogP contribution < -0.4 is 5.46 Å². The smallest absolute Gasteiger partial charge is 0.454 e. The number of halogens is 1. The van der Waals surface area contributed by atoms with Crippen molar-refractivity contribution in [1.29, 1.82) is 0 Å². The van der Waals surface area contributed by atoms with Crippen LogP contribution in [-0.2, 0) is 0 Å². The molecule has 0 aliphatic heterocycles. The van der Waals surface area contributed by atoms with Gasteiger partial charge in [-0.25, -0.2) is 4.98 Å². The van der Waals surface area contributed by atoms with E-state index in [1.165, 1.54) is 0 Å². The van der Waals surface area contributed by atoms with E-state index in [1.807, 2.05) is 72.8 Å². The van der Waals surface area contributed by atoms with Crippen LogP contribution >= 0.6 is 15.9 Å². The second kappa shape index (κ2) is 12.4. The van der Waals surface area contributed by atoms with Crippen molar-refractivity contribution in [2.45, 2.75) is 0 Å². The molecule has 8 aromatic rings. The Kier molecular flexibility index (Phi) is 8.10. The van der Waals surface area contributed by atoms with Crippen LogP contribution in [0.5, 0.6) is 0 Å². The number of nitrogens with zero attached hydrogens (tertiary/aromatic N) is 2. The summed E-state index contributed by atoms with van der Waals surface area (Å²) in [5.74, 6) is 0. The average Bonchev–Trinajstić information content (AvgIpc) is 3.60. The molecule has 0 saturated heterocycles. The fourth-order valence-electron chi connectivity index (χ4n) is 4.63. The minimum Gasteiger partial charge on any atom is -0.454 e. The molecular weight excluding hydrogens is 591 g/mol. The van der Waals surface area contributed by atoms with E-state index in [1.54, 1.807) is 36.7 Å². The Hall–Kier alpha value is -4.76. The first-order valence-corrected chi connectivity index (χ1v) is 14.0. The maximum absolute atomic E-state index is 8.58. The molecule has 0 fully saturated rings. The van der Waals surface area contributed by atoms with E-state index < -0.39 is 7.12 Å². The number of pyridine rings is 2. The molecule has 8 rings (SSSR count). The number of benzene rings is 4. The van der Waals surface area contributed by atoms with Crippen molar-refractivity contribution in [3.8, 4) is 11.3 Å². The molecule has 0 saturated carbocycles. The molecular formula is C34H24BBrN2O4. The largest absolute Gasteiger partial charge is 0.488 e. The summed E-state index contributed by atoms with van der Waals surface area (Å²) in [7, 11) is -1.34. The standard InChI is InChI=1S/C17H11NO.C11H6BrNO.C6H7BO2/c1-2-6-12(7-3-1)15-10-14-13-8-4-5-9-16(13)19-17(14)11-18-15;12-11-5-8-7-3-1-2-4-9(7)14-10(8)6-13-11;8-7(9)6-4-2-1-3-5-6/h1-11H;1-6H;1-5,8-9H. The van der Waals surface area contributed by atoms with Crippen LogP contribution in [0.3, 0.4) is 0 Å². The van der Waals surface area contributed by atoms with E-state index >= 15 is 0 Å². The second-order valence-electron chi connectivity index (χ2n) is 9.42. The Morgan fingerprint density at radius 3 is 1.60 bits per heavy atom. The predicted molar refractivity (Wildman–Crippen MR) is 172 cm³/mol. The summed E-state index contributed by atoms with van der Waals surface area (Å²) in [5, 5.41) is 21.6. The highest BCUT2D eigenvalue weighted by atomic mass is 79.9. The van der Waals surface area contributed by atoms with Crippen molar-refractivity contribution in [3.05, 3.63) is 138 Å². The van der Waals surface area contributed by atoms with Crippen LogP contribution in [0.25, 0.3) is 55.1 Å². The monoisotopic (exact) mass is 614 g/mol. The third kappa shape index (κ3) is 5.96. The zero-order valence-corrected chi connectivity index (χ0v) is 23.8. The third-order valence-electron chi connectivity index (χ3n) is 6.66. The van der Waals surface area contributed by atoms with Gasteiger partial charge in [0.05, 0.1) is 18.1 Å². The number of rotatable bonds is 2. The van der Waals surface area contributed by atoms with Gasteiger partial charge in [0.25, 0.3) is 0 Å². The Morgan fingerprint density at radius 1 is 0.524 bits per heavy atom. The number of fused-ring (bicyclic) bond motifs is 6. The Labute approximate surface area is 250 Å². The lowest BCUT2D eigenvalue weighted by Crippen LogP contribution is -2.29. The van der Waals surface area contributed by atoms with Crippen LogP contribution in [0.1, 0.15) is 0 Å². The van der Waals surface area contributed by atoms with Crippen molar-refractivity contribution in [2.24, 2.45) is 0 Å². The molecule has 2 N–H and O–H groups in total. The van der Waals surface area contributed by atoms with E-state index in [0.29, 0.717) is 5.46 Å². The van der Waals surface area contributed by atoms with Gasteiger partial charge in [-0.3, -0.25) is 4.98 Å². The van der Waals surface area contributed by atoms with Crippen LogP contribution in [0, 0.1) is 0 Å². The van der Waals surface area contributed by atoms with Crippen molar-refractivity contribution in [3.63, 3.8) is 0 Å². The lowest BCUT2D eigenvalue weighted by atomic mass is 9.81. The minimum atomic E-state index is -1.34. The van der Waals surface area contributed by atoms with E-state index in [9.17, 15) is 0 Å². The highest BCUT2D eigenvalue weighted by molar-refractivity contribution is 9.10. The normalized spacial score (nSPS) is 10.7. The maximum Gasteiger partial charge on any atom is 0.488 e. The highest BCUT2D eigenvalue weighted by Crippen LogP contribution is 2.31. The molecule has 0 aliphatic rings. The second-order valence-corrected chi connectivity index (χ2v) is 10.2. The van der Waals surface area contributed by atoms with Gasteiger partial charge >= 0.3 is 7.12 Å². The third-order valence-corrected chi connectivity index (χ3v) is 7.10. The van der Waals surface area contributed by atoms with Crippen LogP contribution in [0.15, 0.2) is 147 Å². The molecule has 0 aliphatic carbocycles. The van der Waals surface area contributed by atoms with Crippen molar-refractivity contribution in [2.75, 3.05) is 0 Å². The zero-order chi connectivity index (χ0) is 28.9. The van der Waals surface area contributed by atoms with E-state index in [2.05, 4.69) is 50.2 Å².